The van der Waals surface area contributed by atoms with E-state index in [1.807, 2.05) is 13.8 Å². The lowest BCUT2D eigenvalue weighted by Gasteiger charge is -1.98. The van der Waals surface area contributed by atoms with Crippen LogP contribution in [0.15, 0.2) is 17.0 Å². The van der Waals surface area contributed by atoms with Crippen molar-refractivity contribution in [1.29, 1.82) is 0 Å². The van der Waals surface area contributed by atoms with Gasteiger partial charge in [0, 0.05) is 10.5 Å². The summed E-state index contributed by atoms with van der Waals surface area (Å²) in [6.07, 6.45) is 0. The minimum absolute atomic E-state index is 0.0396. The van der Waals surface area contributed by atoms with E-state index < -0.39 is 11.6 Å². The molecule has 0 spiro atoms. The highest BCUT2D eigenvalue weighted by Crippen LogP contribution is 2.15. The molecule has 68 valence electrons. The maximum absolute atomic E-state index is 12.6. The average Bonchev–Trinajstić information content (AvgIpc) is 2.04. The second-order valence-corrected chi connectivity index (χ2v) is 2.55. The summed E-state index contributed by atoms with van der Waals surface area (Å²) in [5.41, 5.74) is 0.0396. The van der Waals surface area contributed by atoms with Gasteiger partial charge in [-0.2, -0.15) is 0 Å². The second-order valence-electron chi connectivity index (χ2n) is 2.03. The van der Waals surface area contributed by atoms with E-state index in [1.165, 1.54) is 19.1 Å². The fourth-order valence-electron chi connectivity index (χ4n) is 0.632. The van der Waals surface area contributed by atoms with Gasteiger partial charge in [-0.3, -0.25) is 0 Å². The zero-order chi connectivity index (χ0) is 9.72. The molecule has 12 heavy (non-hydrogen) atoms. The fourth-order valence-corrected chi connectivity index (χ4v) is 0.859. The Kier molecular flexibility index (Phi) is 4.90. The van der Waals surface area contributed by atoms with Gasteiger partial charge in [-0.05, 0) is 19.1 Å². The van der Waals surface area contributed by atoms with Crippen LogP contribution in [0.4, 0.5) is 8.78 Å². The van der Waals surface area contributed by atoms with Crippen LogP contribution in [0.3, 0.4) is 0 Å². The van der Waals surface area contributed by atoms with Crippen molar-refractivity contribution in [3.8, 4) is 0 Å². The Labute approximate surface area is 77.0 Å². The highest BCUT2D eigenvalue weighted by molar-refractivity contribution is 7.80. The third-order valence-electron chi connectivity index (χ3n) is 1.27. The van der Waals surface area contributed by atoms with Crippen LogP contribution in [0.5, 0.6) is 0 Å². The van der Waals surface area contributed by atoms with Crippen LogP contribution in [-0.4, -0.2) is 0 Å². The van der Waals surface area contributed by atoms with E-state index in [9.17, 15) is 8.78 Å². The standard InChI is InChI=1S/C7H6F2S.C2H6/c1-4-6(8)2-5(10)3-7(4)9;1-2/h2-3,10H,1H3;1-2H3. The van der Waals surface area contributed by atoms with Gasteiger partial charge in [0.15, 0.2) is 0 Å². The molecule has 0 radical (unpaired) electrons. The maximum Gasteiger partial charge on any atom is 0.130 e. The molecule has 0 aliphatic carbocycles. The molecule has 0 nitrogen and oxygen atoms in total. The van der Waals surface area contributed by atoms with Crippen molar-refractivity contribution in [2.45, 2.75) is 25.7 Å². The first kappa shape index (κ1) is 11.4. The van der Waals surface area contributed by atoms with Crippen LogP contribution in [0.1, 0.15) is 19.4 Å². The normalized spacial score (nSPS) is 8.83. The number of benzene rings is 1. The van der Waals surface area contributed by atoms with Gasteiger partial charge in [0.25, 0.3) is 0 Å². The highest BCUT2D eigenvalue weighted by atomic mass is 32.1. The summed E-state index contributed by atoms with van der Waals surface area (Å²) in [5.74, 6) is -1.10. The minimum Gasteiger partial charge on any atom is -0.207 e. The molecular formula is C9H12F2S. The SMILES string of the molecule is CC.Cc1c(F)cc(S)cc1F. The van der Waals surface area contributed by atoms with Crippen molar-refractivity contribution in [3.05, 3.63) is 29.3 Å². The van der Waals surface area contributed by atoms with Crippen molar-refractivity contribution >= 4 is 12.6 Å². The van der Waals surface area contributed by atoms with E-state index in [2.05, 4.69) is 12.6 Å². The summed E-state index contributed by atoms with van der Waals surface area (Å²) in [6, 6.07) is 2.36. The van der Waals surface area contributed by atoms with Gasteiger partial charge in [0.05, 0.1) is 0 Å². The first-order valence-corrected chi connectivity index (χ1v) is 4.20. The molecule has 0 aliphatic rings. The Morgan fingerprint density at radius 2 is 1.42 bits per heavy atom. The summed E-state index contributed by atoms with van der Waals surface area (Å²) in [7, 11) is 0. The maximum atomic E-state index is 12.6. The summed E-state index contributed by atoms with van der Waals surface area (Å²) < 4.78 is 25.1. The number of thiol groups is 1. The Bertz CT molecular complexity index is 236. The van der Waals surface area contributed by atoms with E-state index in [1.54, 1.807) is 0 Å². The molecule has 0 N–H and O–H groups in total. The lowest BCUT2D eigenvalue weighted by atomic mass is 10.2. The predicted molar refractivity (Wildman–Crippen MR) is 49.7 cm³/mol. The Balaban J connectivity index is 0.000000561. The Hall–Kier alpha value is -0.570. The van der Waals surface area contributed by atoms with Gasteiger partial charge >= 0.3 is 0 Å². The molecule has 0 fully saturated rings. The van der Waals surface area contributed by atoms with E-state index >= 15 is 0 Å². The summed E-state index contributed by atoms with van der Waals surface area (Å²) in [5, 5.41) is 0. The zero-order valence-electron chi connectivity index (χ0n) is 7.36. The van der Waals surface area contributed by atoms with Crippen LogP contribution in [-0.2, 0) is 0 Å². The third-order valence-corrected chi connectivity index (χ3v) is 1.52. The molecule has 0 saturated carbocycles. The molecule has 1 aromatic rings. The predicted octanol–water partition coefficient (Wildman–Crippen LogP) is 3.59. The molecule has 3 heteroatoms. The van der Waals surface area contributed by atoms with Crippen LogP contribution < -0.4 is 0 Å². The largest absolute Gasteiger partial charge is 0.207 e. The van der Waals surface area contributed by atoms with E-state index in [0.29, 0.717) is 4.90 Å². The van der Waals surface area contributed by atoms with Crippen LogP contribution in [0.25, 0.3) is 0 Å². The number of hydrogen-bond donors (Lipinski definition) is 1. The minimum atomic E-state index is -0.551. The van der Waals surface area contributed by atoms with Crippen LogP contribution in [0, 0.1) is 18.6 Å². The summed E-state index contributed by atoms with van der Waals surface area (Å²) in [4.78, 5) is 0.306. The Morgan fingerprint density at radius 1 is 1.08 bits per heavy atom. The molecular weight excluding hydrogens is 178 g/mol. The molecule has 0 aromatic heterocycles. The van der Waals surface area contributed by atoms with E-state index in [0.717, 1.165) is 0 Å². The lowest BCUT2D eigenvalue weighted by molar-refractivity contribution is 0.562. The van der Waals surface area contributed by atoms with Crippen molar-refractivity contribution in [2.24, 2.45) is 0 Å². The van der Waals surface area contributed by atoms with Gasteiger partial charge in [-0.25, -0.2) is 8.78 Å². The molecule has 0 bridgehead atoms. The van der Waals surface area contributed by atoms with E-state index in [-0.39, 0.29) is 5.56 Å². The van der Waals surface area contributed by atoms with E-state index in [4.69, 9.17) is 0 Å². The second kappa shape index (κ2) is 5.14. The first-order valence-electron chi connectivity index (χ1n) is 3.76. The molecule has 0 saturated heterocycles. The van der Waals surface area contributed by atoms with Crippen LogP contribution in [0.2, 0.25) is 0 Å². The quantitative estimate of drug-likeness (QED) is 0.594. The topological polar surface area (TPSA) is 0 Å². The monoisotopic (exact) mass is 190 g/mol. The molecule has 1 aromatic carbocycles. The molecule has 1 rings (SSSR count). The van der Waals surface area contributed by atoms with Gasteiger partial charge in [0.2, 0.25) is 0 Å². The molecule has 0 aliphatic heterocycles. The zero-order valence-corrected chi connectivity index (χ0v) is 8.25. The molecule has 0 atom stereocenters. The van der Waals surface area contributed by atoms with Crippen LogP contribution >= 0.6 is 12.6 Å². The lowest BCUT2D eigenvalue weighted by Crippen LogP contribution is -1.87. The number of hydrogen-bond acceptors (Lipinski definition) is 1. The summed E-state index contributed by atoms with van der Waals surface area (Å²) >= 11 is 3.79. The smallest absolute Gasteiger partial charge is 0.130 e. The average molecular weight is 190 g/mol. The molecule has 0 heterocycles. The molecule has 0 unspecified atom stereocenters. The fraction of sp³-hybridized carbons (Fsp3) is 0.333. The van der Waals surface area contributed by atoms with Gasteiger partial charge < -0.3 is 0 Å². The van der Waals surface area contributed by atoms with Crippen molar-refractivity contribution in [3.63, 3.8) is 0 Å². The van der Waals surface area contributed by atoms with Crippen molar-refractivity contribution in [1.82, 2.24) is 0 Å². The first-order chi connectivity index (χ1) is 5.61. The Morgan fingerprint density at radius 3 is 1.75 bits per heavy atom. The molecule has 0 amide bonds. The van der Waals surface area contributed by atoms with Gasteiger partial charge in [-0.1, -0.05) is 13.8 Å². The van der Waals surface area contributed by atoms with Gasteiger partial charge in [-0.15, -0.1) is 12.6 Å². The van der Waals surface area contributed by atoms with Crippen molar-refractivity contribution < 1.29 is 8.78 Å². The third kappa shape index (κ3) is 2.81. The van der Waals surface area contributed by atoms with Gasteiger partial charge in [0.1, 0.15) is 11.6 Å². The summed E-state index contributed by atoms with van der Waals surface area (Å²) in [6.45, 7) is 5.39. The number of rotatable bonds is 0. The highest BCUT2D eigenvalue weighted by Gasteiger charge is 2.03. The van der Waals surface area contributed by atoms with Crippen molar-refractivity contribution in [2.75, 3.05) is 0 Å². The number of halogens is 2.